The van der Waals surface area contributed by atoms with Crippen LogP contribution in [-0.4, -0.2) is 39.9 Å². The second-order valence-corrected chi connectivity index (χ2v) is 5.63. The van der Waals surface area contributed by atoms with Crippen molar-refractivity contribution in [3.8, 4) is 0 Å². The van der Waals surface area contributed by atoms with Gasteiger partial charge in [-0.3, -0.25) is 14.4 Å². The summed E-state index contributed by atoms with van der Waals surface area (Å²) in [5.74, 6) is -1.58. The molecule has 0 saturated carbocycles. The van der Waals surface area contributed by atoms with Gasteiger partial charge in [0, 0.05) is 13.0 Å². The Morgan fingerprint density at radius 2 is 2.00 bits per heavy atom. The molecule has 2 N–H and O–H groups in total. The zero-order valence-electron chi connectivity index (χ0n) is 12.7. The van der Waals surface area contributed by atoms with Gasteiger partial charge in [0.15, 0.2) is 0 Å². The van der Waals surface area contributed by atoms with Crippen molar-refractivity contribution in [3.05, 3.63) is 35.4 Å². The van der Waals surface area contributed by atoms with E-state index in [9.17, 15) is 14.4 Å². The molecule has 118 valence electrons. The number of carbonyl (C=O) groups excluding carboxylic acids is 2. The molecule has 2 atom stereocenters. The number of carboxylic acid groups (broad SMARTS) is 1. The Morgan fingerprint density at radius 3 is 2.59 bits per heavy atom. The van der Waals surface area contributed by atoms with Crippen LogP contribution in [0.4, 0.5) is 0 Å². The van der Waals surface area contributed by atoms with E-state index in [1.165, 1.54) is 11.8 Å². The average molecular weight is 304 g/mol. The summed E-state index contributed by atoms with van der Waals surface area (Å²) in [6.07, 6.45) is 0.730. The van der Waals surface area contributed by atoms with Gasteiger partial charge in [0.25, 0.3) is 0 Å². The van der Waals surface area contributed by atoms with Crippen LogP contribution >= 0.6 is 0 Å². The van der Waals surface area contributed by atoms with E-state index >= 15 is 0 Å². The number of aryl methyl sites for hydroxylation is 1. The van der Waals surface area contributed by atoms with Crippen molar-refractivity contribution in [1.82, 2.24) is 10.2 Å². The molecule has 1 aliphatic rings. The number of nitrogens with zero attached hydrogens (tertiary/aromatic N) is 1. The first-order chi connectivity index (χ1) is 10.4. The van der Waals surface area contributed by atoms with Crippen LogP contribution in [0.2, 0.25) is 0 Å². The second-order valence-electron chi connectivity index (χ2n) is 5.63. The Bertz CT molecular complexity index is 582. The van der Waals surface area contributed by atoms with E-state index in [0.29, 0.717) is 19.4 Å². The quantitative estimate of drug-likeness (QED) is 0.852. The first-order valence-corrected chi connectivity index (χ1v) is 7.26. The van der Waals surface area contributed by atoms with Crippen LogP contribution in [0.1, 0.15) is 30.9 Å². The van der Waals surface area contributed by atoms with E-state index in [4.69, 9.17) is 5.11 Å². The van der Waals surface area contributed by atoms with Crippen molar-refractivity contribution in [2.45, 2.75) is 45.3 Å². The minimum Gasteiger partial charge on any atom is -0.480 e. The number of carboxylic acids is 1. The number of nitrogens with one attached hydrogen (secondary N) is 1. The highest BCUT2D eigenvalue weighted by atomic mass is 16.4. The maximum atomic E-state index is 12.2. The molecule has 2 rings (SSSR count). The number of likely N-dealkylation sites (tertiary alicyclic amines) is 1. The molecule has 1 aromatic carbocycles. The minimum absolute atomic E-state index is 0.0799. The van der Waals surface area contributed by atoms with E-state index in [2.05, 4.69) is 5.32 Å². The van der Waals surface area contributed by atoms with Crippen LogP contribution in [0, 0.1) is 6.92 Å². The molecule has 1 aliphatic heterocycles. The topological polar surface area (TPSA) is 86.7 Å². The van der Waals surface area contributed by atoms with Crippen LogP contribution in [-0.2, 0) is 20.9 Å². The van der Waals surface area contributed by atoms with Gasteiger partial charge >= 0.3 is 5.97 Å². The molecule has 0 radical (unpaired) electrons. The maximum Gasteiger partial charge on any atom is 0.325 e. The van der Waals surface area contributed by atoms with E-state index < -0.39 is 24.0 Å². The first kappa shape index (κ1) is 16.0. The van der Waals surface area contributed by atoms with Crippen LogP contribution in [0.5, 0.6) is 0 Å². The van der Waals surface area contributed by atoms with Crippen LogP contribution in [0.3, 0.4) is 0 Å². The molecule has 0 unspecified atom stereocenters. The SMILES string of the molecule is Cc1ccc(CN2C(=O)CC[C@@H]2C(=O)N[C@H](C)C(=O)O)cc1. The van der Waals surface area contributed by atoms with E-state index in [-0.39, 0.29) is 5.91 Å². The lowest BCUT2D eigenvalue weighted by molar-refractivity contribution is -0.142. The minimum atomic E-state index is -1.09. The van der Waals surface area contributed by atoms with E-state index in [1.54, 1.807) is 0 Å². The molecule has 1 fully saturated rings. The standard InChI is InChI=1S/C16H20N2O4/c1-10-3-5-12(6-4-10)9-18-13(7-8-14(18)19)15(20)17-11(2)16(21)22/h3-6,11,13H,7-9H2,1-2H3,(H,17,20)(H,21,22)/t11-,13-/m1/s1. The number of amides is 2. The summed E-state index contributed by atoms with van der Waals surface area (Å²) in [4.78, 5) is 36.5. The van der Waals surface area contributed by atoms with Crippen molar-refractivity contribution in [3.63, 3.8) is 0 Å². The molecular weight excluding hydrogens is 284 g/mol. The number of hydrogen-bond acceptors (Lipinski definition) is 3. The Morgan fingerprint density at radius 1 is 1.36 bits per heavy atom. The van der Waals surface area contributed by atoms with E-state index in [1.807, 2.05) is 31.2 Å². The third kappa shape index (κ3) is 3.63. The third-order valence-corrected chi connectivity index (χ3v) is 3.83. The highest BCUT2D eigenvalue weighted by molar-refractivity contribution is 5.92. The smallest absolute Gasteiger partial charge is 0.325 e. The molecule has 0 aromatic heterocycles. The van der Waals surface area contributed by atoms with Crippen molar-refractivity contribution >= 4 is 17.8 Å². The highest BCUT2D eigenvalue weighted by Crippen LogP contribution is 2.22. The molecule has 2 amide bonds. The number of carbonyl (C=O) groups is 3. The number of hydrogen-bond donors (Lipinski definition) is 2. The number of rotatable bonds is 5. The van der Waals surface area contributed by atoms with Crippen molar-refractivity contribution in [1.29, 1.82) is 0 Å². The van der Waals surface area contributed by atoms with Gasteiger partial charge in [-0.05, 0) is 25.8 Å². The Labute approximate surface area is 129 Å². The summed E-state index contributed by atoms with van der Waals surface area (Å²) in [7, 11) is 0. The van der Waals surface area contributed by atoms with Gasteiger partial charge in [-0.15, -0.1) is 0 Å². The predicted octanol–water partition coefficient (Wildman–Crippen LogP) is 1.08. The lowest BCUT2D eigenvalue weighted by atomic mass is 10.1. The van der Waals surface area contributed by atoms with Gasteiger partial charge in [-0.1, -0.05) is 29.8 Å². The molecule has 0 bridgehead atoms. The summed E-state index contributed by atoms with van der Waals surface area (Å²) < 4.78 is 0. The summed E-state index contributed by atoms with van der Waals surface area (Å²) >= 11 is 0. The van der Waals surface area contributed by atoms with Crippen molar-refractivity contribution in [2.24, 2.45) is 0 Å². The average Bonchev–Trinajstić information content (AvgIpc) is 2.82. The predicted molar refractivity (Wildman–Crippen MR) is 80.0 cm³/mol. The Balaban J connectivity index is 2.07. The monoisotopic (exact) mass is 304 g/mol. The fourth-order valence-electron chi connectivity index (χ4n) is 2.47. The van der Waals surface area contributed by atoms with Gasteiger partial charge in [0.1, 0.15) is 12.1 Å². The van der Waals surface area contributed by atoms with Gasteiger partial charge in [-0.25, -0.2) is 0 Å². The third-order valence-electron chi connectivity index (χ3n) is 3.83. The van der Waals surface area contributed by atoms with Crippen LogP contribution in [0.25, 0.3) is 0 Å². The van der Waals surface area contributed by atoms with Gasteiger partial charge < -0.3 is 15.3 Å². The summed E-state index contributed by atoms with van der Waals surface area (Å²) in [6, 6.07) is 6.19. The largest absolute Gasteiger partial charge is 0.480 e. The number of benzene rings is 1. The molecule has 6 nitrogen and oxygen atoms in total. The molecule has 0 spiro atoms. The van der Waals surface area contributed by atoms with E-state index in [0.717, 1.165) is 11.1 Å². The van der Waals surface area contributed by atoms with Gasteiger partial charge in [0.2, 0.25) is 11.8 Å². The molecule has 6 heteroatoms. The van der Waals surface area contributed by atoms with Gasteiger partial charge in [-0.2, -0.15) is 0 Å². The highest BCUT2D eigenvalue weighted by Gasteiger charge is 2.36. The first-order valence-electron chi connectivity index (χ1n) is 7.26. The summed E-state index contributed by atoms with van der Waals surface area (Å²) in [5.41, 5.74) is 2.08. The van der Waals surface area contributed by atoms with Gasteiger partial charge in [0.05, 0.1) is 0 Å². The molecular formula is C16H20N2O4. The van der Waals surface area contributed by atoms with Crippen LogP contribution < -0.4 is 5.32 Å². The zero-order chi connectivity index (χ0) is 16.3. The summed E-state index contributed by atoms with van der Waals surface area (Å²) in [6.45, 7) is 3.74. The molecule has 1 saturated heterocycles. The fraction of sp³-hybridized carbons (Fsp3) is 0.438. The zero-order valence-corrected chi connectivity index (χ0v) is 12.7. The maximum absolute atomic E-state index is 12.2. The lowest BCUT2D eigenvalue weighted by Gasteiger charge is -2.25. The Kier molecular flexibility index (Phi) is 4.80. The number of aliphatic carboxylic acids is 1. The molecule has 0 aliphatic carbocycles. The van der Waals surface area contributed by atoms with Crippen LogP contribution in [0.15, 0.2) is 24.3 Å². The Hall–Kier alpha value is -2.37. The fourth-order valence-corrected chi connectivity index (χ4v) is 2.47. The van der Waals surface area contributed by atoms with Crippen molar-refractivity contribution in [2.75, 3.05) is 0 Å². The molecule has 22 heavy (non-hydrogen) atoms. The second kappa shape index (κ2) is 6.60. The summed E-state index contributed by atoms with van der Waals surface area (Å²) in [5, 5.41) is 11.3. The molecule has 1 heterocycles. The normalized spacial score (nSPS) is 19.1. The van der Waals surface area contributed by atoms with Crippen molar-refractivity contribution < 1.29 is 19.5 Å². The lowest BCUT2D eigenvalue weighted by Crippen LogP contribution is -2.48. The molecule has 1 aromatic rings.